The molecule has 0 fully saturated rings. The largest absolute Gasteiger partial charge is 0.425 e. The first-order valence-electron chi connectivity index (χ1n) is 7.95. The van der Waals surface area contributed by atoms with Crippen LogP contribution in [-0.2, 0) is 0 Å². The van der Waals surface area contributed by atoms with Crippen molar-refractivity contribution in [2.45, 2.75) is 12.8 Å². The molecular formula is C19H15N3O3. The summed E-state index contributed by atoms with van der Waals surface area (Å²) < 4.78 is 5.59. The molecule has 25 heavy (non-hydrogen) atoms. The fraction of sp³-hybridized carbons (Fsp3) is 0.158. The summed E-state index contributed by atoms with van der Waals surface area (Å²) in [5, 5.41) is 7.98. The van der Waals surface area contributed by atoms with E-state index in [0.717, 1.165) is 5.56 Å². The summed E-state index contributed by atoms with van der Waals surface area (Å²) in [5.74, 6) is -0.126. The van der Waals surface area contributed by atoms with E-state index in [4.69, 9.17) is 4.42 Å². The normalized spacial score (nSPS) is 14.7. The van der Waals surface area contributed by atoms with Gasteiger partial charge in [-0.25, -0.2) is 0 Å². The molecule has 0 aliphatic carbocycles. The molecule has 0 saturated carbocycles. The predicted octanol–water partition coefficient (Wildman–Crippen LogP) is 2.81. The zero-order chi connectivity index (χ0) is 17.4. The van der Waals surface area contributed by atoms with Gasteiger partial charge < -0.3 is 4.42 Å². The minimum atomic E-state index is -0.371. The van der Waals surface area contributed by atoms with Gasteiger partial charge in [0.15, 0.2) is 0 Å². The summed E-state index contributed by atoms with van der Waals surface area (Å²) in [6, 6.07) is 16.4. The van der Waals surface area contributed by atoms with Crippen molar-refractivity contribution in [3.8, 4) is 0 Å². The molecule has 124 valence electrons. The topological polar surface area (TPSA) is 76.3 Å². The number of benzene rings is 2. The van der Waals surface area contributed by atoms with E-state index in [1.165, 1.54) is 4.90 Å². The molecule has 2 amide bonds. The van der Waals surface area contributed by atoms with E-state index in [1.54, 1.807) is 31.2 Å². The van der Waals surface area contributed by atoms with E-state index in [-0.39, 0.29) is 24.3 Å². The summed E-state index contributed by atoms with van der Waals surface area (Å²) in [6.07, 6.45) is 0. The lowest BCUT2D eigenvalue weighted by atomic mass is 9.98. The molecule has 1 unspecified atom stereocenters. The van der Waals surface area contributed by atoms with Crippen molar-refractivity contribution in [1.82, 2.24) is 15.1 Å². The maximum Gasteiger partial charge on any atom is 0.261 e. The number of carbonyl (C=O) groups excluding carboxylic acids is 2. The van der Waals surface area contributed by atoms with Gasteiger partial charge in [0.1, 0.15) is 0 Å². The van der Waals surface area contributed by atoms with Crippen molar-refractivity contribution in [2.24, 2.45) is 0 Å². The SMILES string of the molecule is Cc1nnc(C(CN2C(=O)c3ccccc3C2=O)c2ccccc2)o1. The molecular weight excluding hydrogens is 318 g/mol. The Morgan fingerprint density at radius 2 is 1.52 bits per heavy atom. The molecule has 6 nitrogen and oxygen atoms in total. The fourth-order valence-electron chi connectivity index (χ4n) is 3.05. The van der Waals surface area contributed by atoms with E-state index >= 15 is 0 Å². The van der Waals surface area contributed by atoms with E-state index in [2.05, 4.69) is 10.2 Å². The molecule has 4 rings (SSSR count). The van der Waals surface area contributed by atoms with Crippen LogP contribution in [0.15, 0.2) is 59.0 Å². The van der Waals surface area contributed by atoms with Gasteiger partial charge in [-0.05, 0) is 17.7 Å². The minimum Gasteiger partial charge on any atom is -0.425 e. The third-order valence-corrected chi connectivity index (χ3v) is 4.29. The Morgan fingerprint density at radius 3 is 2.08 bits per heavy atom. The minimum absolute atomic E-state index is 0.151. The van der Waals surface area contributed by atoms with E-state index in [0.29, 0.717) is 22.9 Å². The monoisotopic (exact) mass is 333 g/mol. The molecule has 0 bridgehead atoms. The molecule has 0 saturated heterocycles. The Kier molecular flexibility index (Phi) is 3.65. The summed E-state index contributed by atoms with van der Waals surface area (Å²) >= 11 is 0. The molecule has 2 heterocycles. The van der Waals surface area contributed by atoms with Gasteiger partial charge in [0.2, 0.25) is 11.8 Å². The molecule has 6 heteroatoms. The molecule has 3 aromatic rings. The number of fused-ring (bicyclic) bond motifs is 1. The molecule has 1 atom stereocenters. The average molecular weight is 333 g/mol. The van der Waals surface area contributed by atoms with Crippen molar-refractivity contribution >= 4 is 11.8 Å². The average Bonchev–Trinajstić information content (AvgIpc) is 3.17. The first-order valence-corrected chi connectivity index (χ1v) is 7.95. The smallest absolute Gasteiger partial charge is 0.261 e. The number of aryl methyl sites for hydroxylation is 1. The summed E-state index contributed by atoms with van der Waals surface area (Å²) in [4.78, 5) is 26.5. The van der Waals surface area contributed by atoms with Crippen LogP contribution in [0.25, 0.3) is 0 Å². The fourth-order valence-corrected chi connectivity index (χ4v) is 3.05. The lowest BCUT2D eigenvalue weighted by Crippen LogP contribution is -2.34. The molecule has 1 aliphatic heterocycles. The van der Waals surface area contributed by atoms with Gasteiger partial charge in [0.05, 0.1) is 17.0 Å². The number of aromatic nitrogens is 2. The van der Waals surface area contributed by atoms with E-state index in [9.17, 15) is 9.59 Å². The Hall–Kier alpha value is -3.28. The standard InChI is InChI=1S/C19H15N3O3/c1-12-20-21-17(25-12)16(13-7-3-2-4-8-13)11-22-18(23)14-9-5-6-10-15(14)19(22)24/h2-10,16H,11H2,1H3. The maximum atomic E-state index is 12.6. The zero-order valence-corrected chi connectivity index (χ0v) is 13.5. The summed E-state index contributed by atoms with van der Waals surface area (Å²) in [6.45, 7) is 1.86. The van der Waals surface area contributed by atoms with Crippen LogP contribution >= 0.6 is 0 Å². The third kappa shape index (κ3) is 2.61. The van der Waals surface area contributed by atoms with Gasteiger partial charge in [-0.15, -0.1) is 10.2 Å². The van der Waals surface area contributed by atoms with Gasteiger partial charge in [-0.2, -0.15) is 0 Å². The molecule has 2 aromatic carbocycles. The van der Waals surface area contributed by atoms with Crippen molar-refractivity contribution in [3.05, 3.63) is 83.1 Å². The number of carbonyl (C=O) groups is 2. The Bertz CT molecular complexity index is 914. The number of imide groups is 1. The Labute approximate surface area is 144 Å². The molecule has 0 N–H and O–H groups in total. The van der Waals surface area contributed by atoms with Gasteiger partial charge in [-0.3, -0.25) is 14.5 Å². The van der Waals surface area contributed by atoms with Crippen LogP contribution in [0.3, 0.4) is 0 Å². The third-order valence-electron chi connectivity index (χ3n) is 4.29. The van der Waals surface area contributed by atoms with Crippen molar-refractivity contribution < 1.29 is 14.0 Å². The van der Waals surface area contributed by atoms with Gasteiger partial charge in [-0.1, -0.05) is 42.5 Å². The van der Waals surface area contributed by atoms with Crippen LogP contribution in [0.4, 0.5) is 0 Å². The molecule has 0 spiro atoms. The van der Waals surface area contributed by atoms with Gasteiger partial charge >= 0.3 is 0 Å². The van der Waals surface area contributed by atoms with Crippen molar-refractivity contribution in [1.29, 1.82) is 0 Å². The Balaban J connectivity index is 1.71. The van der Waals surface area contributed by atoms with Crippen LogP contribution in [-0.4, -0.2) is 33.5 Å². The highest BCUT2D eigenvalue weighted by atomic mass is 16.4. The first-order chi connectivity index (χ1) is 12.1. The second-order valence-corrected chi connectivity index (χ2v) is 5.89. The highest BCUT2D eigenvalue weighted by Crippen LogP contribution is 2.29. The second-order valence-electron chi connectivity index (χ2n) is 5.89. The van der Waals surface area contributed by atoms with E-state index < -0.39 is 0 Å². The number of nitrogens with zero attached hydrogens (tertiary/aromatic N) is 3. The molecule has 1 aromatic heterocycles. The van der Waals surface area contributed by atoms with Crippen LogP contribution < -0.4 is 0 Å². The number of hydrogen-bond donors (Lipinski definition) is 0. The first kappa shape index (κ1) is 15.3. The zero-order valence-electron chi connectivity index (χ0n) is 13.5. The van der Waals surface area contributed by atoms with Crippen LogP contribution in [0.1, 0.15) is 44.0 Å². The van der Waals surface area contributed by atoms with Crippen molar-refractivity contribution in [3.63, 3.8) is 0 Å². The summed E-state index contributed by atoms with van der Waals surface area (Å²) in [5.41, 5.74) is 1.77. The quantitative estimate of drug-likeness (QED) is 0.686. The lowest BCUT2D eigenvalue weighted by molar-refractivity contribution is 0.0646. The Morgan fingerprint density at radius 1 is 0.920 bits per heavy atom. The number of amides is 2. The predicted molar refractivity (Wildman–Crippen MR) is 89.1 cm³/mol. The van der Waals surface area contributed by atoms with Crippen LogP contribution in [0, 0.1) is 6.92 Å². The second kappa shape index (κ2) is 5.98. The number of hydrogen-bond acceptors (Lipinski definition) is 5. The summed E-state index contributed by atoms with van der Waals surface area (Å²) in [7, 11) is 0. The van der Waals surface area contributed by atoms with E-state index in [1.807, 2.05) is 30.3 Å². The van der Waals surface area contributed by atoms with Gasteiger partial charge in [0.25, 0.3) is 11.8 Å². The molecule has 0 radical (unpaired) electrons. The van der Waals surface area contributed by atoms with Gasteiger partial charge in [0, 0.05) is 13.5 Å². The molecule has 1 aliphatic rings. The number of rotatable bonds is 4. The highest BCUT2D eigenvalue weighted by Gasteiger charge is 2.38. The van der Waals surface area contributed by atoms with Crippen molar-refractivity contribution in [2.75, 3.05) is 6.54 Å². The highest BCUT2D eigenvalue weighted by molar-refractivity contribution is 6.21. The lowest BCUT2D eigenvalue weighted by Gasteiger charge is -2.20. The maximum absolute atomic E-state index is 12.6. The van der Waals surface area contributed by atoms with Crippen LogP contribution in [0.5, 0.6) is 0 Å². The van der Waals surface area contributed by atoms with Crippen LogP contribution in [0.2, 0.25) is 0 Å².